The first-order valence-electron chi connectivity index (χ1n) is 19.7. The quantitative estimate of drug-likeness (QED) is 0.117. The van der Waals surface area contributed by atoms with Crippen LogP contribution in [0.3, 0.4) is 0 Å². The van der Waals surface area contributed by atoms with Crippen LogP contribution < -0.4 is 0 Å². The van der Waals surface area contributed by atoms with E-state index in [9.17, 15) is 19.2 Å². The fraction of sp³-hybridized carbons (Fsp3) is 0.897. The van der Waals surface area contributed by atoms with Gasteiger partial charge in [0.05, 0.1) is 30.2 Å². The molecule has 2 saturated heterocycles. The molecule has 0 aromatic carbocycles. The number of ether oxygens (including phenoxy) is 2. The van der Waals surface area contributed by atoms with Crippen LogP contribution in [0, 0.1) is 17.3 Å². The van der Waals surface area contributed by atoms with E-state index in [1.54, 1.807) is 4.90 Å². The lowest BCUT2D eigenvalue weighted by atomic mass is 9.73. The van der Waals surface area contributed by atoms with Crippen molar-refractivity contribution in [1.29, 1.82) is 0 Å². The molecule has 50 heavy (non-hydrogen) atoms. The molecule has 0 spiro atoms. The summed E-state index contributed by atoms with van der Waals surface area (Å²) in [5, 5.41) is 0. The zero-order chi connectivity index (χ0) is 38.5. The number of carbonyl (C=O) groups is 4. The van der Waals surface area contributed by atoms with Crippen LogP contribution in [0.4, 0.5) is 4.79 Å². The molecule has 2 fully saturated rings. The minimum absolute atomic E-state index is 0.0325. The molecule has 2 heterocycles. The van der Waals surface area contributed by atoms with E-state index >= 15 is 0 Å². The van der Waals surface area contributed by atoms with Crippen molar-refractivity contribution >= 4 is 40.3 Å². The maximum atomic E-state index is 14.9. The van der Waals surface area contributed by atoms with Crippen molar-refractivity contribution in [2.75, 3.05) is 0 Å². The van der Waals surface area contributed by atoms with Crippen LogP contribution >= 0.6 is 0 Å². The largest absolute Gasteiger partial charge is 0.454 e. The third-order valence-corrected chi connectivity index (χ3v) is 21.8. The molecule has 0 aromatic rings. The molecule has 1 unspecified atom stereocenters. The first-order chi connectivity index (χ1) is 23.1. The summed E-state index contributed by atoms with van der Waals surface area (Å²) < 4.78 is 26.0. The first kappa shape index (κ1) is 44.6. The Morgan fingerprint density at radius 3 is 1.84 bits per heavy atom. The van der Waals surface area contributed by atoms with Crippen molar-refractivity contribution in [2.24, 2.45) is 17.3 Å². The number of rotatable bonds is 11. The number of hydrogen-bond acceptors (Lipinski definition) is 8. The second-order valence-electron chi connectivity index (χ2n) is 17.2. The summed E-state index contributed by atoms with van der Waals surface area (Å²) in [5.74, 6) is -1.16. The monoisotopic (exact) mass is 739 g/mol. The van der Waals surface area contributed by atoms with E-state index in [0.717, 1.165) is 49.1 Å². The summed E-state index contributed by atoms with van der Waals surface area (Å²) in [4.78, 5) is 57.0. The van der Waals surface area contributed by atoms with Crippen LogP contribution in [-0.4, -0.2) is 80.7 Å². The average Bonchev–Trinajstić information content (AvgIpc) is 3.63. The average molecular weight is 740 g/mol. The second-order valence-corrected chi connectivity index (χ2v) is 26.6. The summed E-state index contributed by atoms with van der Waals surface area (Å²) in [6, 6.07) is 5.20. The molecule has 0 saturated carbocycles. The lowest BCUT2D eigenvalue weighted by molar-refractivity contribution is -0.159. The number of ketones is 2. The molecule has 0 N–H and O–H groups in total. The Morgan fingerprint density at radius 2 is 1.38 bits per heavy atom. The number of cyclic esters (lactones) is 1. The van der Waals surface area contributed by atoms with Crippen LogP contribution in [0.1, 0.15) is 136 Å². The molecule has 7 atom stereocenters. The molecule has 290 valence electrons. The maximum Gasteiger partial charge on any atom is 0.411 e. The molecule has 0 aliphatic carbocycles. The molecular formula is C39H73NO8Si2. The smallest absolute Gasteiger partial charge is 0.411 e. The molecule has 0 aromatic heterocycles. The predicted molar refractivity (Wildman–Crippen MR) is 205 cm³/mol. The Labute approximate surface area is 306 Å². The first-order valence-corrected chi connectivity index (χ1v) is 24.7. The van der Waals surface area contributed by atoms with Gasteiger partial charge in [-0.15, -0.1) is 0 Å². The van der Waals surface area contributed by atoms with E-state index in [4.69, 9.17) is 18.3 Å². The van der Waals surface area contributed by atoms with Crippen LogP contribution in [-0.2, 0) is 32.7 Å². The minimum Gasteiger partial charge on any atom is -0.454 e. The van der Waals surface area contributed by atoms with E-state index in [1.165, 1.54) is 6.92 Å². The van der Waals surface area contributed by atoms with E-state index in [-0.39, 0.29) is 42.5 Å². The van der Waals surface area contributed by atoms with Gasteiger partial charge >= 0.3 is 12.1 Å². The van der Waals surface area contributed by atoms with Crippen molar-refractivity contribution in [3.63, 3.8) is 0 Å². The van der Waals surface area contributed by atoms with Crippen LogP contribution in [0.2, 0.25) is 36.3 Å². The van der Waals surface area contributed by atoms with Crippen molar-refractivity contribution in [3.8, 4) is 0 Å². The summed E-state index contributed by atoms with van der Waals surface area (Å²) >= 11 is 0. The van der Waals surface area contributed by atoms with Crippen LogP contribution in [0.15, 0.2) is 0 Å². The van der Waals surface area contributed by atoms with Crippen molar-refractivity contribution in [1.82, 2.24) is 4.90 Å². The summed E-state index contributed by atoms with van der Waals surface area (Å²) in [6.45, 7) is 30.0. The van der Waals surface area contributed by atoms with Gasteiger partial charge in [-0.3, -0.25) is 19.3 Å². The third-order valence-electron chi connectivity index (χ3n) is 12.5. The van der Waals surface area contributed by atoms with Gasteiger partial charge in [0.2, 0.25) is 0 Å². The van der Waals surface area contributed by atoms with Gasteiger partial charge in [-0.25, -0.2) is 4.79 Å². The molecule has 11 heteroatoms. The zero-order valence-corrected chi connectivity index (χ0v) is 36.5. The second kappa shape index (κ2) is 17.5. The van der Waals surface area contributed by atoms with Crippen molar-refractivity contribution in [3.05, 3.63) is 0 Å². The van der Waals surface area contributed by atoms with E-state index in [1.807, 2.05) is 48.5 Å². The van der Waals surface area contributed by atoms with Gasteiger partial charge in [-0.1, -0.05) is 75.7 Å². The third kappa shape index (κ3) is 10.3. The van der Waals surface area contributed by atoms with Gasteiger partial charge < -0.3 is 18.3 Å². The van der Waals surface area contributed by atoms with E-state index in [0.29, 0.717) is 6.42 Å². The van der Waals surface area contributed by atoms with E-state index < -0.39 is 63.4 Å². The molecule has 9 nitrogen and oxygen atoms in total. The Bertz CT molecular complexity index is 1160. The van der Waals surface area contributed by atoms with E-state index in [2.05, 4.69) is 48.5 Å². The Hall–Kier alpha value is -1.57. The summed E-state index contributed by atoms with van der Waals surface area (Å²) in [7, 11) is -4.40. The minimum atomic E-state index is -2.29. The molecule has 0 radical (unpaired) electrons. The van der Waals surface area contributed by atoms with Crippen molar-refractivity contribution < 1.29 is 37.5 Å². The molecule has 2 aliphatic heterocycles. The van der Waals surface area contributed by atoms with Crippen molar-refractivity contribution in [2.45, 2.75) is 208 Å². The highest BCUT2D eigenvalue weighted by Gasteiger charge is 2.63. The van der Waals surface area contributed by atoms with Gasteiger partial charge in [-0.2, -0.15) is 0 Å². The molecular weight excluding hydrogens is 667 g/mol. The molecule has 2 rings (SSSR count). The number of esters is 1. The standard InChI is InChI=1S/C39H73NO8Si2/c1-16-49(17-2,18-3)47-32-26-33(42)45-30(29(9)41)25-31-39(15,40(31)36(44)46-37(10,11)12)24-22-23-27(7)34(28(8)35(43)38(32,13)14)48-50(19-4,20-5)21-6/h27-28,30-32,34H,16-26H2,1-15H3/t27-,28+,30-,31-,32-,34?,39+,40?/m0/s1. The Balaban J connectivity index is 2.70. The number of nitrogens with zero attached hydrogens (tertiary/aromatic N) is 1. The molecule has 2 aliphatic rings. The lowest BCUT2D eigenvalue weighted by Gasteiger charge is -2.44. The normalized spacial score (nSPS) is 30.3. The van der Waals surface area contributed by atoms with Gasteiger partial charge in [0.1, 0.15) is 11.4 Å². The Kier molecular flexibility index (Phi) is 15.6. The summed E-state index contributed by atoms with van der Waals surface area (Å²) in [5.41, 5.74) is -2.26. The van der Waals surface area contributed by atoms with Gasteiger partial charge in [0.15, 0.2) is 28.5 Å². The van der Waals surface area contributed by atoms with Crippen LogP contribution in [0.5, 0.6) is 0 Å². The highest BCUT2D eigenvalue weighted by atomic mass is 28.4. The topological polar surface area (TPSA) is 108 Å². The number of Topliss-reactive ketones (excluding diaryl/α,β-unsaturated/α-hetero) is 2. The zero-order valence-electron chi connectivity index (χ0n) is 34.5. The maximum absolute atomic E-state index is 14.9. The highest BCUT2D eigenvalue weighted by Crippen LogP contribution is 2.49. The van der Waals surface area contributed by atoms with Gasteiger partial charge in [-0.05, 0) is 89.6 Å². The SMILES string of the molecule is CC[Si](CC)(CC)OC1[C@@H](C)CCC[C@]2(C)[C@H](C[C@@H](C(C)=O)OC(=O)C[C@H](O[Si](CC)(CC)CC)C(C)(C)C(=O)[C@@H]1C)N2C(=O)OC(C)(C)C. The van der Waals surface area contributed by atoms with Crippen LogP contribution in [0.25, 0.3) is 0 Å². The number of fused-ring (bicyclic) bond motifs is 1. The highest BCUT2D eigenvalue weighted by molar-refractivity contribution is 6.74. The number of amides is 1. The number of carbonyl (C=O) groups excluding carboxylic acids is 4. The molecule has 1 amide bonds. The summed E-state index contributed by atoms with van der Waals surface area (Å²) in [6.07, 6.45) is -0.103. The lowest BCUT2D eigenvalue weighted by Crippen LogP contribution is -2.53. The Morgan fingerprint density at radius 1 is 0.880 bits per heavy atom. The fourth-order valence-electron chi connectivity index (χ4n) is 8.24. The molecule has 0 bridgehead atoms. The fourth-order valence-corrected chi connectivity index (χ4v) is 14.2. The van der Waals surface area contributed by atoms with Gasteiger partial charge in [0, 0.05) is 17.8 Å². The van der Waals surface area contributed by atoms with Gasteiger partial charge in [0.25, 0.3) is 0 Å². The number of hydrogen-bond donors (Lipinski definition) is 0. The predicted octanol–water partition coefficient (Wildman–Crippen LogP) is 9.48.